The molecule has 3 aromatic heterocycles. The van der Waals surface area contributed by atoms with E-state index in [9.17, 15) is 9.90 Å². The number of rotatable bonds is 4. The van der Waals surface area contributed by atoms with Gasteiger partial charge in [0.05, 0.1) is 17.1 Å². The smallest absolute Gasteiger partial charge is 0.355 e. The molecule has 0 saturated heterocycles. The van der Waals surface area contributed by atoms with E-state index >= 15 is 0 Å². The third kappa shape index (κ3) is 2.82. The molecule has 0 fully saturated rings. The summed E-state index contributed by atoms with van der Waals surface area (Å²) in [6, 6.07) is 9.93. The van der Waals surface area contributed by atoms with Crippen LogP contribution in [0.3, 0.4) is 0 Å². The van der Waals surface area contributed by atoms with Crippen LogP contribution in [0.1, 0.15) is 27.4 Å². The summed E-state index contributed by atoms with van der Waals surface area (Å²) in [6.45, 7) is 6.00. The van der Waals surface area contributed by atoms with Gasteiger partial charge in [0.2, 0.25) is 5.13 Å². The number of aromatic carboxylic acids is 1. The third-order valence-electron chi connectivity index (χ3n) is 4.81. The van der Waals surface area contributed by atoms with Crippen LogP contribution in [0.2, 0.25) is 0 Å². The quantitative estimate of drug-likeness (QED) is 0.566. The lowest BCUT2D eigenvalue weighted by Gasteiger charge is -2.06. The zero-order chi connectivity index (χ0) is 20.0. The molecule has 142 valence electrons. The molecule has 7 nitrogen and oxygen atoms in total. The van der Waals surface area contributed by atoms with Gasteiger partial charge in [0, 0.05) is 34.8 Å². The molecule has 0 unspecified atom stereocenters. The number of carbonyl (C=O) groups is 1. The molecule has 0 aliphatic rings. The summed E-state index contributed by atoms with van der Waals surface area (Å²) >= 11 is 1.26. The molecule has 0 amide bonds. The Morgan fingerprint density at radius 3 is 2.39 bits per heavy atom. The van der Waals surface area contributed by atoms with Crippen molar-refractivity contribution in [3.05, 3.63) is 58.4 Å². The van der Waals surface area contributed by atoms with Crippen LogP contribution in [0.4, 0.5) is 0 Å². The monoisotopic (exact) mass is 393 g/mol. The predicted octanol–water partition coefficient (Wildman–Crippen LogP) is 4.02. The largest absolute Gasteiger partial charge is 0.476 e. The third-order valence-corrected chi connectivity index (χ3v) is 5.62. The second kappa shape index (κ2) is 6.72. The number of aromatic nitrogens is 5. The van der Waals surface area contributed by atoms with E-state index in [2.05, 4.69) is 10.1 Å². The predicted molar refractivity (Wildman–Crippen MR) is 108 cm³/mol. The van der Waals surface area contributed by atoms with Gasteiger partial charge in [0.1, 0.15) is 0 Å². The van der Waals surface area contributed by atoms with Crippen LogP contribution in [0.15, 0.2) is 35.7 Å². The Bertz CT molecular complexity index is 1190. The lowest BCUT2D eigenvalue weighted by molar-refractivity contribution is 0.0691. The van der Waals surface area contributed by atoms with E-state index in [1.165, 1.54) is 16.7 Å². The first kappa shape index (κ1) is 18.1. The molecule has 28 heavy (non-hydrogen) atoms. The maximum atomic E-state index is 11.3. The van der Waals surface area contributed by atoms with Crippen molar-refractivity contribution in [1.29, 1.82) is 0 Å². The lowest BCUT2D eigenvalue weighted by Crippen LogP contribution is -2.03. The van der Waals surface area contributed by atoms with Gasteiger partial charge in [-0.15, -0.1) is 11.3 Å². The zero-order valence-corrected chi connectivity index (χ0v) is 16.8. The summed E-state index contributed by atoms with van der Waals surface area (Å²) in [5.74, 6) is -1.05. The second-order valence-electron chi connectivity index (χ2n) is 6.59. The Labute approximate surface area is 165 Å². The van der Waals surface area contributed by atoms with Crippen molar-refractivity contribution in [3.63, 3.8) is 0 Å². The van der Waals surface area contributed by atoms with Crippen LogP contribution in [-0.2, 0) is 7.05 Å². The van der Waals surface area contributed by atoms with Gasteiger partial charge in [-0.05, 0) is 20.8 Å². The molecule has 0 saturated carbocycles. The van der Waals surface area contributed by atoms with E-state index in [-0.39, 0.29) is 5.69 Å². The number of aryl methyl sites for hydroxylation is 2. The van der Waals surface area contributed by atoms with Gasteiger partial charge in [-0.1, -0.05) is 30.3 Å². The van der Waals surface area contributed by atoms with E-state index in [0.717, 1.165) is 39.5 Å². The molecule has 4 rings (SSSR count). The molecular formula is C20H19N5O2S. The van der Waals surface area contributed by atoms with E-state index < -0.39 is 5.97 Å². The molecule has 0 aliphatic heterocycles. The average Bonchev–Trinajstić information content (AvgIpc) is 3.34. The number of thiazole rings is 1. The van der Waals surface area contributed by atoms with Gasteiger partial charge in [0.15, 0.2) is 5.69 Å². The first-order valence-corrected chi connectivity index (χ1v) is 9.61. The van der Waals surface area contributed by atoms with Crippen molar-refractivity contribution in [3.8, 4) is 27.6 Å². The summed E-state index contributed by atoms with van der Waals surface area (Å²) in [7, 11) is 1.91. The highest BCUT2D eigenvalue weighted by molar-refractivity contribution is 7.12. The van der Waals surface area contributed by atoms with Crippen LogP contribution in [0.25, 0.3) is 27.6 Å². The Hall–Kier alpha value is -3.26. The van der Waals surface area contributed by atoms with E-state index in [4.69, 9.17) is 5.10 Å². The summed E-state index contributed by atoms with van der Waals surface area (Å²) in [5, 5.41) is 20.7. The standard InChI is InChI=1S/C20H19N5O2S/c1-11-17(14-8-6-5-7-9-14)23-25(20-21-15(10-28-20)19(26)27)18(11)16-12(2)22-24(4)13(16)3/h5-10H,1-4H3,(H,26,27). The molecule has 3 heterocycles. The zero-order valence-electron chi connectivity index (χ0n) is 16.0. The van der Waals surface area contributed by atoms with Crippen molar-refractivity contribution in [2.24, 2.45) is 7.05 Å². The highest BCUT2D eigenvalue weighted by Crippen LogP contribution is 2.37. The number of hydrogen-bond acceptors (Lipinski definition) is 5. The SMILES string of the molecule is Cc1nn(C)c(C)c1-c1c(C)c(-c2ccccc2)nn1-c1nc(C(=O)O)cs1. The number of nitrogens with zero attached hydrogens (tertiary/aromatic N) is 5. The van der Waals surface area contributed by atoms with Gasteiger partial charge in [-0.25, -0.2) is 14.5 Å². The minimum absolute atomic E-state index is 0.0139. The molecule has 8 heteroatoms. The Kier molecular flexibility index (Phi) is 4.35. The first-order chi connectivity index (χ1) is 13.4. The van der Waals surface area contributed by atoms with Crippen LogP contribution in [-0.4, -0.2) is 35.6 Å². The Morgan fingerprint density at radius 2 is 1.82 bits per heavy atom. The van der Waals surface area contributed by atoms with Crippen LogP contribution in [0.5, 0.6) is 0 Å². The fourth-order valence-electron chi connectivity index (χ4n) is 3.37. The first-order valence-electron chi connectivity index (χ1n) is 8.73. The average molecular weight is 393 g/mol. The van der Waals surface area contributed by atoms with E-state index in [1.54, 1.807) is 4.68 Å². The maximum absolute atomic E-state index is 11.3. The van der Waals surface area contributed by atoms with Crippen LogP contribution < -0.4 is 0 Å². The summed E-state index contributed by atoms with van der Waals surface area (Å²) < 4.78 is 3.58. The van der Waals surface area contributed by atoms with Crippen LogP contribution >= 0.6 is 11.3 Å². The van der Waals surface area contributed by atoms with Gasteiger partial charge < -0.3 is 5.11 Å². The molecule has 1 aromatic carbocycles. The second-order valence-corrected chi connectivity index (χ2v) is 7.43. The van der Waals surface area contributed by atoms with Crippen molar-refractivity contribution in [2.75, 3.05) is 0 Å². The lowest BCUT2D eigenvalue weighted by atomic mass is 10.0. The number of carboxylic acids is 1. The molecule has 4 aromatic rings. The molecule has 0 atom stereocenters. The topological polar surface area (TPSA) is 85.8 Å². The Balaban J connectivity index is 2.02. The summed E-state index contributed by atoms with van der Waals surface area (Å²) in [5.41, 5.74) is 6.61. The normalized spacial score (nSPS) is 11.1. The maximum Gasteiger partial charge on any atom is 0.355 e. The molecule has 1 N–H and O–H groups in total. The van der Waals surface area contributed by atoms with Gasteiger partial charge in [0.25, 0.3) is 0 Å². The van der Waals surface area contributed by atoms with E-state index in [1.807, 2.05) is 62.8 Å². The number of carboxylic acid groups (broad SMARTS) is 1. The highest BCUT2D eigenvalue weighted by Gasteiger charge is 2.25. The minimum atomic E-state index is -1.05. The van der Waals surface area contributed by atoms with Crippen molar-refractivity contribution in [2.45, 2.75) is 20.8 Å². The molecular weight excluding hydrogens is 374 g/mol. The summed E-state index contributed by atoms with van der Waals surface area (Å²) in [4.78, 5) is 15.6. The van der Waals surface area contributed by atoms with E-state index in [0.29, 0.717) is 5.13 Å². The highest BCUT2D eigenvalue weighted by atomic mass is 32.1. The van der Waals surface area contributed by atoms with Crippen molar-refractivity contribution >= 4 is 17.3 Å². The fraction of sp³-hybridized carbons (Fsp3) is 0.200. The number of hydrogen-bond donors (Lipinski definition) is 1. The van der Waals surface area contributed by atoms with Crippen LogP contribution in [0, 0.1) is 20.8 Å². The minimum Gasteiger partial charge on any atom is -0.476 e. The molecule has 0 bridgehead atoms. The fourth-order valence-corrected chi connectivity index (χ4v) is 4.13. The molecule has 0 radical (unpaired) electrons. The molecule has 0 spiro atoms. The van der Waals surface area contributed by atoms with Crippen molar-refractivity contribution in [1.82, 2.24) is 24.5 Å². The van der Waals surface area contributed by atoms with Gasteiger partial charge in [-0.3, -0.25) is 4.68 Å². The summed E-state index contributed by atoms with van der Waals surface area (Å²) in [6.07, 6.45) is 0. The van der Waals surface area contributed by atoms with Gasteiger partial charge in [-0.2, -0.15) is 10.2 Å². The van der Waals surface area contributed by atoms with Gasteiger partial charge >= 0.3 is 5.97 Å². The number of benzene rings is 1. The van der Waals surface area contributed by atoms with Crippen molar-refractivity contribution < 1.29 is 9.90 Å². The Morgan fingerprint density at radius 1 is 1.11 bits per heavy atom. The molecule has 0 aliphatic carbocycles.